The van der Waals surface area contributed by atoms with E-state index in [4.69, 9.17) is 10.00 Å². The number of rotatable bonds is 6. The Labute approximate surface area is 167 Å². The Morgan fingerprint density at radius 3 is 2.72 bits per heavy atom. The van der Waals surface area contributed by atoms with E-state index >= 15 is 0 Å². The minimum Gasteiger partial charge on any atom is -0.443 e. The summed E-state index contributed by atoms with van der Waals surface area (Å²) in [7, 11) is 1.77. The third-order valence-electron chi connectivity index (χ3n) is 4.06. The lowest BCUT2D eigenvalue weighted by Gasteiger charge is -2.27. The van der Waals surface area contributed by atoms with Crippen molar-refractivity contribution in [2.45, 2.75) is 12.5 Å². The summed E-state index contributed by atoms with van der Waals surface area (Å²) >= 11 is 0. The van der Waals surface area contributed by atoms with E-state index in [9.17, 15) is 18.8 Å². The van der Waals surface area contributed by atoms with Gasteiger partial charge in [0.1, 0.15) is 24.5 Å². The highest BCUT2D eigenvalue weighted by molar-refractivity contribution is 5.90. The summed E-state index contributed by atoms with van der Waals surface area (Å²) in [5, 5.41) is 15.7. The number of nitriles is 1. The Balaban J connectivity index is 0.000000537. The average molecular weight is 404 g/mol. The summed E-state index contributed by atoms with van der Waals surface area (Å²) in [5.74, 6) is -0.469. The molecule has 154 valence electrons. The Bertz CT molecular complexity index is 812. The van der Waals surface area contributed by atoms with Crippen molar-refractivity contribution in [1.29, 1.82) is 5.26 Å². The molecule has 2 aliphatic rings. The SMILES string of the molecule is CNCC1CN(c2ccc(N3C=NN(C=O)CC3)c(F)c2)C(=O)O1.N#CCC=O. The quantitative estimate of drug-likeness (QED) is 0.693. The molecule has 1 N–H and O–H groups in total. The highest BCUT2D eigenvalue weighted by Crippen LogP contribution is 2.27. The van der Waals surface area contributed by atoms with Crippen LogP contribution in [0, 0.1) is 17.1 Å². The largest absolute Gasteiger partial charge is 0.443 e. The lowest BCUT2D eigenvalue weighted by molar-refractivity contribution is -0.118. The Morgan fingerprint density at radius 1 is 1.41 bits per heavy atom. The zero-order valence-corrected chi connectivity index (χ0v) is 15.8. The standard InChI is InChI=1S/C15H18FN5O3.C3H3NO/c1-17-7-12-8-21(15(23)24-12)11-2-3-14(13(16)6-11)19-4-5-20(10-22)18-9-19;4-2-1-3-5/h2-3,6,9-10,12,17H,4-5,7-8H2,1H3;3H,1H2. The number of cyclic esters (lactones) is 1. The highest BCUT2D eigenvalue weighted by Gasteiger charge is 2.32. The highest BCUT2D eigenvalue weighted by atomic mass is 19.1. The maximum Gasteiger partial charge on any atom is 0.414 e. The lowest BCUT2D eigenvalue weighted by atomic mass is 10.2. The number of nitrogens with one attached hydrogen (secondary N) is 1. The fourth-order valence-corrected chi connectivity index (χ4v) is 2.72. The first-order valence-corrected chi connectivity index (χ1v) is 8.79. The first-order chi connectivity index (χ1) is 14.0. The van der Waals surface area contributed by atoms with E-state index in [1.165, 1.54) is 22.3 Å². The molecule has 2 heterocycles. The number of hydrazone groups is 1. The number of carbonyl (C=O) groups is 3. The van der Waals surface area contributed by atoms with Gasteiger partial charge in [0.25, 0.3) is 0 Å². The number of aldehydes is 1. The molecule has 0 aliphatic carbocycles. The van der Waals surface area contributed by atoms with Gasteiger partial charge in [-0.3, -0.25) is 9.69 Å². The second-order valence-corrected chi connectivity index (χ2v) is 6.03. The number of benzene rings is 1. The lowest BCUT2D eigenvalue weighted by Crippen LogP contribution is -2.37. The summed E-state index contributed by atoms with van der Waals surface area (Å²) < 4.78 is 19.7. The summed E-state index contributed by atoms with van der Waals surface area (Å²) in [6, 6.07) is 6.21. The molecule has 1 aromatic carbocycles. The van der Waals surface area contributed by atoms with Gasteiger partial charge in [0.2, 0.25) is 6.41 Å². The van der Waals surface area contributed by atoms with E-state index in [2.05, 4.69) is 10.4 Å². The van der Waals surface area contributed by atoms with Crippen LogP contribution in [0.4, 0.5) is 20.6 Å². The van der Waals surface area contributed by atoms with E-state index in [0.717, 1.165) is 0 Å². The molecule has 1 saturated heterocycles. The van der Waals surface area contributed by atoms with Crippen LogP contribution >= 0.6 is 0 Å². The van der Waals surface area contributed by atoms with E-state index in [1.807, 2.05) is 0 Å². The molecule has 10 nitrogen and oxygen atoms in total. The molecule has 2 amide bonds. The van der Waals surface area contributed by atoms with Crippen LogP contribution in [0.25, 0.3) is 0 Å². The molecule has 0 bridgehead atoms. The Kier molecular flexibility index (Phi) is 8.05. The number of likely N-dealkylation sites (N-methyl/N-ethyl adjacent to an activating group) is 1. The third-order valence-corrected chi connectivity index (χ3v) is 4.06. The van der Waals surface area contributed by atoms with Gasteiger partial charge in [0.15, 0.2) is 0 Å². The second kappa shape index (κ2) is 10.7. The fourth-order valence-electron chi connectivity index (χ4n) is 2.72. The van der Waals surface area contributed by atoms with Crippen LogP contribution in [-0.2, 0) is 14.3 Å². The van der Waals surface area contributed by atoms with E-state index in [-0.39, 0.29) is 12.5 Å². The van der Waals surface area contributed by atoms with Crippen molar-refractivity contribution in [3.05, 3.63) is 24.0 Å². The van der Waals surface area contributed by atoms with Gasteiger partial charge in [-0.25, -0.2) is 14.2 Å². The fraction of sp³-hybridized carbons (Fsp3) is 0.389. The van der Waals surface area contributed by atoms with E-state index in [0.29, 0.717) is 50.3 Å². The molecule has 11 heteroatoms. The number of hydrogen-bond donors (Lipinski definition) is 1. The maximum atomic E-state index is 14.5. The van der Waals surface area contributed by atoms with Crippen LogP contribution in [0.3, 0.4) is 0 Å². The van der Waals surface area contributed by atoms with Gasteiger partial charge < -0.3 is 19.7 Å². The number of halogens is 1. The molecular weight excluding hydrogens is 383 g/mol. The number of anilines is 2. The molecule has 3 rings (SSSR count). The minimum atomic E-state index is -0.483. The molecule has 1 unspecified atom stereocenters. The van der Waals surface area contributed by atoms with Crippen molar-refractivity contribution in [1.82, 2.24) is 10.3 Å². The van der Waals surface area contributed by atoms with Crippen LogP contribution in [0.5, 0.6) is 0 Å². The summed E-state index contributed by atoms with van der Waals surface area (Å²) in [5.41, 5.74) is 0.788. The number of amides is 2. The monoisotopic (exact) mass is 404 g/mol. The van der Waals surface area contributed by atoms with Gasteiger partial charge >= 0.3 is 6.09 Å². The van der Waals surface area contributed by atoms with E-state index in [1.54, 1.807) is 30.1 Å². The van der Waals surface area contributed by atoms with Crippen LogP contribution < -0.4 is 15.1 Å². The molecule has 29 heavy (non-hydrogen) atoms. The van der Waals surface area contributed by atoms with Gasteiger partial charge in [-0.1, -0.05) is 0 Å². The van der Waals surface area contributed by atoms with Crippen molar-refractivity contribution < 1.29 is 23.5 Å². The molecule has 0 saturated carbocycles. The minimum absolute atomic E-state index is 0.0139. The first-order valence-electron chi connectivity index (χ1n) is 8.79. The topological polar surface area (TPSA) is 118 Å². The average Bonchev–Trinajstić information content (AvgIpc) is 3.09. The third kappa shape index (κ3) is 5.73. The summed E-state index contributed by atoms with van der Waals surface area (Å²) in [6.45, 7) is 1.73. The van der Waals surface area contributed by atoms with Crippen molar-refractivity contribution in [3.8, 4) is 6.07 Å². The smallest absolute Gasteiger partial charge is 0.414 e. The molecule has 2 aliphatic heterocycles. The molecule has 1 atom stereocenters. The maximum absolute atomic E-state index is 14.5. The molecule has 1 fully saturated rings. The van der Waals surface area contributed by atoms with Crippen LogP contribution in [0.1, 0.15) is 6.42 Å². The first kappa shape index (κ1) is 21.8. The van der Waals surface area contributed by atoms with Gasteiger partial charge in [-0.2, -0.15) is 10.4 Å². The van der Waals surface area contributed by atoms with Crippen molar-refractivity contribution in [2.75, 3.05) is 43.0 Å². The normalized spacial score (nSPS) is 17.9. The molecule has 0 radical (unpaired) electrons. The number of ether oxygens (including phenoxy) is 1. The Hall–Kier alpha value is -3.52. The predicted octanol–water partition coefficient (Wildman–Crippen LogP) is 0.691. The molecule has 0 aromatic heterocycles. The Morgan fingerprint density at radius 2 is 2.21 bits per heavy atom. The van der Waals surface area contributed by atoms with Crippen molar-refractivity contribution in [3.63, 3.8) is 0 Å². The second-order valence-electron chi connectivity index (χ2n) is 6.03. The van der Waals surface area contributed by atoms with Gasteiger partial charge in [-0.05, 0) is 25.2 Å². The van der Waals surface area contributed by atoms with Crippen LogP contribution in [-0.4, -0.2) is 69.5 Å². The summed E-state index contributed by atoms with van der Waals surface area (Å²) in [6.07, 6.45) is 1.87. The molecule has 0 spiro atoms. The molecular formula is C18H21FN6O4. The number of hydrogen-bond acceptors (Lipinski definition) is 8. The molecule has 1 aromatic rings. The van der Waals surface area contributed by atoms with Gasteiger partial charge in [-0.15, -0.1) is 0 Å². The number of carbonyl (C=O) groups excluding carboxylic acids is 3. The summed E-state index contributed by atoms with van der Waals surface area (Å²) in [4.78, 5) is 34.8. The van der Waals surface area contributed by atoms with Gasteiger partial charge in [0, 0.05) is 13.1 Å². The zero-order chi connectivity index (χ0) is 21.2. The van der Waals surface area contributed by atoms with E-state index < -0.39 is 11.9 Å². The van der Waals surface area contributed by atoms with Crippen molar-refractivity contribution >= 4 is 36.5 Å². The van der Waals surface area contributed by atoms with Crippen molar-refractivity contribution in [2.24, 2.45) is 5.10 Å². The van der Waals surface area contributed by atoms with Crippen LogP contribution in [0.15, 0.2) is 23.3 Å². The van der Waals surface area contributed by atoms with Crippen LogP contribution in [0.2, 0.25) is 0 Å². The predicted molar refractivity (Wildman–Crippen MR) is 103 cm³/mol. The zero-order valence-electron chi connectivity index (χ0n) is 15.8. The van der Waals surface area contributed by atoms with Gasteiger partial charge in [0.05, 0.1) is 37.0 Å². The number of nitrogens with zero attached hydrogens (tertiary/aromatic N) is 5.